The first-order chi connectivity index (χ1) is 13.2. The van der Waals surface area contributed by atoms with Gasteiger partial charge in [0, 0.05) is 12.2 Å². The van der Waals surface area contributed by atoms with Crippen molar-refractivity contribution in [2.45, 2.75) is 24.4 Å². The zero-order valence-electron chi connectivity index (χ0n) is 14.4. The van der Waals surface area contributed by atoms with E-state index in [0.29, 0.717) is 23.7 Å². The van der Waals surface area contributed by atoms with E-state index in [1.165, 1.54) is 23.1 Å². The Kier molecular flexibility index (Phi) is 7.00. The van der Waals surface area contributed by atoms with Crippen LogP contribution in [0, 0.1) is 0 Å². The number of nitrogens with one attached hydrogen (secondary N) is 2. The van der Waals surface area contributed by atoms with Crippen molar-refractivity contribution in [2.75, 3.05) is 11.1 Å². The van der Waals surface area contributed by atoms with Crippen LogP contribution in [-0.4, -0.2) is 27.8 Å². The molecule has 0 atom stereocenters. The molecule has 0 unspecified atom stereocenters. The van der Waals surface area contributed by atoms with Gasteiger partial charge in [-0.25, -0.2) is 0 Å². The number of anilines is 1. The molecule has 0 saturated heterocycles. The molecule has 2 amide bonds. The third kappa shape index (κ3) is 6.22. The van der Waals surface area contributed by atoms with Gasteiger partial charge in [-0.05, 0) is 42.1 Å². The van der Waals surface area contributed by atoms with Crippen LogP contribution < -0.4 is 10.6 Å². The lowest BCUT2D eigenvalue weighted by Gasteiger charge is -2.04. The third-order valence-electron chi connectivity index (χ3n) is 3.46. The van der Waals surface area contributed by atoms with Gasteiger partial charge in [-0.15, -0.1) is 33.3 Å². The monoisotopic (exact) mass is 402 g/mol. The summed E-state index contributed by atoms with van der Waals surface area (Å²) in [4.78, 5) is 24.3. The van der Waals surface area contributed by atoms with Crippen LogP contribution in [0.15, 0.2) is 57.5 Å². The molecule has 0 bridgehead atoms. The normalized spacial score (nSPS) is 10.5. The topological polar surface area (TPSA) is 97.1 Å². The summed E-state index contributed by atoms with van der Waals surface area (Å²) < 4.78 is 5.16. The molecule has 7 nitrogen and oxygen atoms in total. The fraction of sp³-hybridized carbons (Fsp3) is 0.222. The molecule has 3 aromatic heterocycles. The van der Waals surface area contributed by atoms with Gasteiger partial charge < -0.3 is 15.1 Å². The second-order valence-electron chi connectivity index (χ2n) is 5.50. The molecule has 0 aromatic carbocycles. The van der Waals surface area contributed by atoms with Gasteiger partial charge >= 0.3 is 0 Å². The van der Waals surface area contributed by atoms with Crippen molar-refractivity contribution < 1.29 is 14.0 Å². The summed E-state index contributed by atoms with van der Waals surface area (Å²) in [6, 6.07) is 10.7. The van der Waals surface area contributed by atoms with Gasteiger partial charge in [-0.1, -0.05) is 6.07 Å². The van der Waals surface area contributed by atoms with E-state index in [9.17, 15) is 9.59 Å². The van der Waals surface area contributed by atoms with Gasteiger partial charge in [-0.3, -0.25) is 9.59 Å². The Bertz CT molecular complexity index is 849. The molecule has 0 aliphatic carbocycles. The van der Waals surface area contributed by atoms with E-state index >= 15 is 0 Å². The first-order valence-electron chi connectivity index (χ1n) is 8.31. The number of furan rings is 1. The minimum atomic E-state index is -0.194. The summed E-state index contributed by atoms with van der Waals surface area (Å²) in [6.45, 7) is 0.406. The van der Waals surface area contributed by atoms with Gasteiger partial charge in [0.05, 0.1) is 17.7 Å². The van der Waals surface area contributed by atoms with Gasteiger partial charge in [0.2, 0.25) is 5.91 Å². The van der Waals surface area contributed by atoms with Gasteiger partial charge in [0.1, 0.15) is 10.8 Å². The number of carbonyl (C=O) groups is 2. The summed E-state index contributed by atoms with van der Waals surface area (Å²) in [5.74, 6) is 1.70. The molecular formula is C18H18N4O3S2. The number of hydrogen-bond donors (Lipinski definition) is 2. The maximum atomic E-state index is 11.9. The van der Waals surface area contributed by atoms with Crippen molar-refractivity contribution in [3.05, 3.63) is 58.7 Å². The van der Waals surface area contributed by atoms with Crippen LogP contribution >= 0.6 is 23.1 Å². The van der Waals surface area contributed by atoms with E-state index in [-0.39, 0.29) is 11.8 Å². The molecular weight excluding hydrogens is 384 g/mol. The number of amides is 2. The standard InChI is InChI=1S/C18H18N4O3S2/c23-16(19-12-13-4-1-9-25-13)6-3-11-27-17-8-7-15(21-22-17)20-18(24)14-5-2-10-26-14/h1-2,4-5,7-10H,3,6,11-12H2,(H,19,23)(H,20,21,24). The number of aromatic nitrogens is 2. The third-order valence-corrected chi connectivity index (χ3v) is 5.34. The minimum Gasteiger partial charge on any atom is -0.467 e. The van der Waals surface area contributed by atoms with Crippen molar-refractivity contribution in [1.29, 1.82) is 0 Å². The Hall–Kier alpha value is -2.65. The molecule has 3 rings (SSSR count). The lowest BCUT2D eigenvalue weighted by atomic mass is 10.3. The first-order valence-corrected chi connectivity index (χ1v) is 10.2. The van der Waals surface area contributed by atoms with Crippen LogP contribution in [-0.2, 0) is 11.3 Å². The fourth-order valence-corrected chi connectivity index (χ4v) is 3.53. The zero-order chi connectivity index (χ0) is 18.9. The van der Waals surface area contributed by atoms with Crippen LogP contribution in [0.2, 0.25) is 0 Å². The lowest BCUT2D eigenvalue weighted by molar-refractivity contribution is -0.121. The Balaban J connectivity index is 1.34. The van der Waals surface area contributed by atoms with Crippen molar-refractivity contribution in [2.24, 2.45) is 0 Å². The highest BCUT2D eigenvalue weighted by molar-refractivity contribution is 7.99. The quantitative estimate of drug-likeness (QED) is 0.419. The second-order valence-corrected chi connectivity index (χ2v) is 7.56. The van der Waals surface area contributed by atoms with E-state index in [2.05, 4.69) is 20.8 Å². The van der Waals surface area contributed by atoms with Crippen LogP contribution in [0.3, 0.4) is 0 Å². The molecule has 0 spiro atoms. The molecule has 0 aliphatic rings. The lowest BCUT2D eigenvalue weighted by Crippen LogP contribution is -2.22. The highest BCUT2D eigenvalue weighted by Crippen LogP contribution is 2.18. The van der Waals surface area contributed by atoms with Crippen LogP contribution in [0.25, 0.3) is 0 Å². The summed E-state index contributed by atoms with van der Waals surface area (Å²) in [7, 11) is 0. The Labute approximate surface area is 164 Å². The summed E-state index contributed by atoms with van der Waals surface area (Å²) in [6.07, 6.45) is 2.75. The van der Waals surface area contributed by atoms with Crippen LogP contribution in [0.5, 0.6) is 0 Å². The first kappa shape index (κ1) is 19.1. The SMILES string of the molecule is O=C(CCCSc1ccc(NC(=O)c2cccs2)nn1)NCc1ccco1. The zero-order valence-corrected chi connectivity index (χ0v) is 16.0. The van der Waals surface area contributed by atoms with Crippen molar-refractivity contribution in [3.63, 3.8) is 0 Å². The summed E-state index contributed by atoms with van der Waals surface area (Å²) in [5.41, 5.74) is 0. The molecule has 0 saturated carbocycles. The van der Waals surface area contributed by atoms with Gasteiger partial charge in [0.25, 0.3) is 5.91 Å². The van der Waals surface area contributed by atoms with Crippen molar-refractivity contribution in [3.8, 4) is 0 Å². The molecule has 9 heteroatoms. The van der Waals surface area contributed by atoms with E-state index in [0.717, 1.165) is 23.0 Å². The second kappa shape index (κ2) is 9.89. The minimum absolute atomic E-state index is 0.00952. The molecule has 0 aliphatic heterocycles. The molecule has 140 valence electrons. The molecule has 0 radical (unpaired) electrons. The maximum absolute atomic E-state index is 11.9. The van der Waals surface area contributed by atoms with Gasteiger partial charge in [0.15, 0.2) is 5.82 Å². The molecule has 3 aromatic rings. The average molecular weight is 403 g/mol. The highest BCUT2D eigenvalue weighted by Gasteiger charge is 2.08. The number of thioether (sulfide) groups is 1. The molecule has 3 heterocycles. The van der Waals surface area contributed by atoms with E-state index < -0.39 is 0 Å². The number of carbonyl (C=O) groups excluding carboxylic acids is 2. The largest absolute Gasteiger partial charge is 0.467 e. The van der Waals surface area contributed by atoms with Crippen LogP contribution in [0.4, 0.5) is 5.82 Å². The molecule has 27 heavy (non-hydrogen) atoms. The Morgan fingerprint density at radius 3 is 2.78 bits per heavy atom. The highest BCUT2D eigenvalue weighted by atomic mass is 32.2. The number of hydrogen-bond acceptors (Lipinski definition) is 7. The van der Waals surface area contributed by atoms with Gasteiger partial charge in [-0.2, -0.15) is 0 Å². The van der Waals surface area contributed by atoms with E-state index in [4.69, 9.17) is 4.42 Å². The van der Waals surface area contributed by atoms with E-state index in [1.807, 2.05) is 17.5 Å². The Morgan fingerprint density at radius 2 is 2.07 bits per heavy atom. The molecule has 0 fully saturated rings. The maximum Gasteiger partial charge on any atom is 0.266 e. The number of nitrogens with zero attached hydrogens (tertiary/aromatic N) is 2. The summed E-state index contributed by atoms with van der Waals surface area (Å²) >= 11 is 2.89. The van der Waals surface area contributed by atoms with Crippen molar-refractivity contribution >= 4 is 40.7 Å². The average Bonchev–Trinajstić information content (AvgIpc) is 3.38. The fourth-order valence-electron chi connectivity index (χ4n) is 2.15. The predicted octanol–water partition coefficient (Wildman–Crippen LogP) is 3.57. The number of rotatable bonds is 9. The van der Waals surface area contributed by atoms with Crippen molar-refractivity contribution in [1.82, 2.24) is 15.5 Å². The van der Waals surface area contributed by atoms with E-state index in [1.54, 1.807) is 30.5 Å². The summed E-state index contributed by atoms with van der Waals surface area (Å²) in [5, 5.41) is 16.2. The smallest absolute Gasteiger partial charge is 0.266 e. The Morgan fingerprint density at radius 1 is 1.15 bits per heavy atom. The molecule has 2 N–H and O–H groups in total. The van der Waals surface area contributed by atoms with Crippen LogP contribution in [0.1, 0.15) is 28.3 Å². The number of thiophene rings is 1. The predicted molar refractivity (Wildman–Crippen MR) is 105 cm³/mol.